The molecular weight excluding hydrogens is 276 g/mol. The molecule has 1 aliphatic rings. The average molecular weight is 294 g/mol. The molecule has 0 atom stereocenters. The molecule has 0 fully saturated rings. The van der Waals surface area contributed by atoms with Crippen LogP contribution in [0.2, 0.25) is 0 Å². The molecule has 0 aliphatic heterocycles. The Balaban J connectivity index is 2.34. The highest BCUT2D eigenvalue weighted by Gasteiger charge is 2.23. The molecule has 112 valence electrons. The number of allylic oxidation sites excluding steroid dienone is 2. The lowest BCUT2D eigenvalue weighted by Gasteiger charge is -2.23. The molecule has 22 heavy (non-hydrogen) atoms. The average Bonchev–Trinajstić information content (AvgIpc) is 2.55. The maximum absolute atomic E-state index is 11.8. The second kappa shape index (κ2) is 5.68. The van der Waals surface area contributed by atoms with Crippen LogP contribution in [-0.2, 0) is 17.6 Å². The summed E-state index contributed by atoms with van der Waals surface area (Å²) in [5.74, 6) is 1.06. The van der Waals surface area contributed by atoms with E-state index in [1.54, 1.807) is 7.11 Å². The fourth-order valence-corrected chi connectivity index (χ4v) is 3.00. The third-order valence-electron chi connectivity index (χ3n) is 4.01. The zero-order chi connectivity index (χ0) is 15.7. The summed E-state index contributed by atoms with van der Waals surface area (Å²) in [6, 6.07) is 7.84. The van der Waals surface area contributed by atoms with Gasteiger partial charge in [0.25, 0.3) is 0 Å². The number of carbonyl (C=O) groups excluding carboxylic acids is 1. The number of hydrogen-bond acceptors (Lipinski definition) is 3. The Labute approximate surface area is 129 Å². The van der Waals surface area contributed by atoms with Crippen LogP contribution in [0.4, 0.5) is 0 Å². The van der Waals surface area contributed by atoms with Crippen LogP contribution in [0.1, 0.15) is 18.1 Å². The first-order chi connectivity index (χ1) is 10.7. The van der Waals surface area contributed by atoms with Gasteiger partial charge in [0.2, 0.25) is 0 Å². The van der Waals surface area contributed by atoms with Crippen molar-refractivity contribution < 1.29 is 14.3 Å². The molecule has 0 heterocycles. The summed E-state index contributed by atoms with van der Waals surface area (Å²) in [5.41, 5.74) is 3.39. The highest BCUT2D eigenvalue weighted by Crippen LogP contribution is 2.43. The van der Waals surface area contributed by atoms with E-state index in [9.17, 15) is 4.79 Å². The Kier molecular flexibility index (Phi) is 3.72. The van der Waals surface area contributed by atoms with Crippen LogP contribution in [-0.4, -0.2) is 13.1 Å². The van der Waals surface area contributed by atoms with Gasteiger partial charge in [0.15, 0.2) is 0 Å². The van der Waals surface area contributed by atoms with Crippen LogP contribution in [0.25, 0.3) is 10.8 Å². The molecule has 2 aromatic rings. The molecule has 1 aliphatic carbocycles. The minimum absolute atomic E-state index is 0.440. The summed E-state index contributed by atoms with van der Waals surface area (Å²) < 4.78 is 11.2. The van der Waals surface area contributed by atoms with Gasteiger partial charge in [-0.3, -0.25) is 0 Å². The largest absolute Gasteiger partial charge is 0.496 e. The maximum atomic E-state index is 11.8. The number of rotatable bonds is 3. The molecule has 3 rings (SSSR count). The second-order valence-electron chi connectivity index (χ2n) is 5.42. The van der Waals surface area contributed by atoms with Crippen molar-refractivity contribution in [1.82, 2.24) is 0 Å². The number of methoxy groups -OCH3 is 1. The van der Waals surface area contributed by atoms with Gasteiger partial charge in [-0.25, -0.2) is 4.79 Å². The monoisotopic (exact) mass is 294 g/mol. The fraction of sp³-hybridized carbons (Fsp3) is 0.211. The third kappa shape index (κ3) is 2.29. The molecule has 0 saturated carbocycles. The van der Waals surface area contributed by atoms with Crippen LogP contribution >= 0.6 is 0 Å². The van der Waals surface area contributed by atoms with Crippen LogP contribution in [0.5, 0.6) is 11.5 Å². The van der Waals surface area contributed by atoms with Gasteiger partial charge in [0, 0.05) is 28.0 Å². The number of esters is 1. The van der Waals surface area contributed by atoms with E-state index in [1.165, 1.54) is 11.6 Å². The first-order valence-electron chi connectivity index (χ1n) is 7.26. The third-order valence-corrected chi connectivity index (χ3v) is 4.01. The maximum Gasteiger partial charge on any atom is 0.335 e. The predicted octanol–water partition coefficient (Wildman–Crippen LogP) is 3.98. The second-order valence-corrected chi connectivity index (χ2v) is 5.42. The van der Waals surface area contributed by atoms with Crippen molar-refractivity contribution >= 4 is 16.7 Å². The molecule has 0 radical (unpaired) electrons. The highest BCUT2D eigenvalue weighted by atomic mass is 16.5. The summed E-state index contributed by atoms with van der Waals surface area (Å²) in [5, 5.41) is 1.85. The number of ether oxygens (including phenoxy) is 2. The molecule has 3 nitrogen and oxygen atoms in total. The number of fused-ring (bicyclic) bond motifs is 2. The number of benzene rings is 2. The van der Waals surface area contributed by atoms with Gasteiger partial charge in [-0.05, 0) is 19.8 Å². The van der Waals surface area contributed by atoms with E-state index < -0.39 is 5.97 Å². The van der Waals surface area contributed by atoms with E-state index in [2.05, 4.69) is 19.6 Å². The van der Waals surface area contributed by atoms with Gasteiger partial charge in [-0.2, -0.15) is 0 Å². The normalized spacial score (nSPS) is 13.3. The van der Waals surface area contributed by atoms with Crippen molar-refractivity contribution in [2.75, 3.05) is 7.11 Å². The predicted molar refractivity (Wildman–Crippen MR) is 87.5 cm³/mol. The van der Waals surface area contributed by atoms with Gasteiger partial charge in [0.05, 0.1) is 7.11 Å². The molecule has 0 unspecified atom stereocenters. The summed E-state index contributed by atoms with van der Waals surface area (Å²) in [4.78, 5) is 11.8. The fourth-order valence-electron chi connectivity index (χ4n) is 3.00. The van der Waals surface area contributed by atoms with Gasteiger partial charge in [-0.1, -0.05) is 42.5 Å². The van der Waals surface area contributed by atoms with Crippen molar-refractivity contribution in [1.29, 1.82) is 0 Å². The molecule has 2 aromatic carbocycles. The lowest BCUT2D eigenvalue weighted by Crippen LogP contribution is -2.11. The van der Waals surface area contributed by atoms with Crippen molar-refractivity contribution in [2.45, 2.75) is 19.8 Å². The Bertz CT molecular complexity index is 800. The van der Waals surface area contributed by atoms with Gasteiger partial charge in [0.1, 0.15) is 11.5 Å². The molecule has 0 N–H and O–H groups in total. The van der Waals surface area contributed by atoms with Gasteiger partial charge < -0.3 is 9.47 Å². The zero-order valence-corrected chi connectivity index (χ0v) is 12.8. The lowest BCUT2D eigenvalue weighted by molar-refractivity contribution is -0.128. The minimum Gasteiger partial charge on any atom is -0.496 e. The SMILES string of the molecule is C=CC(=O)Oc1c2c(c(OC)c3ccccc13)CC=C(C)C2. The smallest absolute Gasteiger partial charge is 0.335 e. The summed E-state index contributed by atoms with van der Waals surface area (Å²) in [6.45, 7) is 5.57. The molecule has 0 bridgehead atoms. The van der Waals surface area contributed by atoms with E-state index in [1.807, 2.05) is 24.3 Å². The molecular formula is C19H18O3. The summed E-state index contributed by atoms with van der Waals surface area (Å²) >= 11 is 0. The van der Waals surface area contributed by atoms with E-state index in [4.69, 9.17) is 9.47 Å². The van der Waals surface area contributed by atoms with E-state index in [0.29, 0.717) is 5.75 Å². The highest BCUT2D eigenvalue weighted by molar-refractivity contribution is 5.98. The number of hydrogen-bond donors (Lipinski definition) is 0. The summed E-state index contributed by atoms with van der Waals surface area (Å²) in [6.07, 6.45) is 4.93. The van der Waals surface area contributed by atoms with Crippen molar-refractivity contribution in [3.05, 3.63) is 59.7 Å². The van der Waals surface area contributed by atoms with Gasteiger partial charge in [-0.15, -0.1) is 0 Å². The molecule has 0 aromatic heterocycles. The van der Waals surface area contributed by atoms with E-state index in [0.717, 1.165) is 40.5 Å². The van der Waals surface area contributed by atoms with E-state index >= 15 is 0 Å². The molecule has 3 heteroatoms. The van der Waals surface area contributed by atoms with Crippen molar-refractivity contribution in [2.24, 2.45) is 0 Å². The Hall–Kier alpha value is -2.55. The molecule has 0 amide bonds. The summed E-state index contributed by atoms with van der Waals surface area (Å²) in [7, 11) is 1.68. The minimum atomic E-state index is -0.440. The first-order valence-corrected chi connectivity index (χ1v) is 7.26. The molecule has 0 spiro atoms. The van der Waals surface area contributed by atoms with Gasteiger partial charge >= 0.3 is 5.97 Å². The Morgan fingerprint density at radius 3 is 2.50 bits per heavy atom. The topological polar surface area (TPSA) is 35.5 Å². The van der Waals surface area contributed by atoms with Crippen molar-refractivity contribution in [3.8, 4) is 11.5 Å². The molecule has 0 saturated heterocycles. The number of carbonyl (C=O) groups is 1. The standard InChI is InChI=1S/C19H18O3/c1-4-17(20)22-19-14-8-6-5-7-13(14)18(21-3)15-10-9-12(2)11-16(15)19/h4-9H,1,10-11H2,2-3H3. The Morgan fingerprint density at radius 2 is 1.86 bits per heavy atom. The Morgan fingerprint density at radius 1 is 1.18 bits per heavy atom. The lowest BCUT2D eigenvalue weighted by atomic mass is 9.87. The quantitative estimate of drug-likeness (QED) is 0.372. The van der Waals surface area contributed by atoms with E-state index in [-0.39, 0.29) is 0 Å². The van der Waals surface area contributed by atoms with Crippen molar-refractivity contribution in [3.63, 3.8) is 0 Å². The first kappa shape index (κ1) is 14.4. The van der Waals surface area contributed by atoms with Crippen LogP contribution < -0.4 is 9.47 Å². The zero-order valence-electron chi connectivity index (χ0n) is 12.8. The van der Waals surface area contributed by atoms with Crippen LogP contribution in [0.3, 0.4) is 0 Å². The van der Waals surface area contributed by atoms with Crippen LogP contribution in [0.15, 0.2) is 48.6 Å². The van der Waals surface area contributed by atoms with Crippen LogP contribution in [0, 0.1) is 0 Å².